The minimum atomic E-state index is -0.127. The third-order valence-electron chi connectivity index (χ3n) is 2.90. The number of thioether (sulfide) groups is 1. The van der Waals surface area contributed by atoms with Gasteiger partial charge in [0.15, 0.2) is 5.12 Å². The molecule has 1 atom stereocenters. The first-order valence-electron chi connectivity index (χ1n) is 4.59. The molecule has 0 radical (unpaired) electrons. The van der Waals surface area contributed by atoms with Crippen molar-refractivity contribution in [3.05, 3.63) is 29.8 Å². The lowest BCUT2D eigenvalue weighted by Gasteiger charge is -2.18. The third kappa shape index (κ3) is 0.879. The van der Waals surface area contributed by atoms with Crippen molar-refractivity contribution in [2.75, 3.05) is 0 Å². The zero-order valence-corrected chi connectivity index (χ0v) is 8.60. The van der Waals surface area contributed by atoms with Crippen LogP contribution in [0.2, 0.25) is 0 Å². The van der Waals surface area contributed by atoms with E-state index < -0.39 is 0 Å². The number of fused-ring (bicyclic) bond motifs is 3. The minimum Gasteiger partial charge on any atom is -0.287 e. The molecule has 2 nitrogen and oxygen atoms in total. The van der Waals surface area contributed by atoms with Crippen LogP contribution in [0.15, 0.2) is 29.3 Å². The number of carbonyl (C=O) groups excluding carboxylic acids is 1. The monoisotopic (exact) mass is 203 g/mol. The Balaban J connectivity index is 2.23. The standard InChI is InChI=1S/C11H9NOS/c1-11-6-9(13)14-10(11)12-8-5-3-2-4-7(8)11/h2-5H,6H2,1H3/t11-/m0/s1. The van der Waals surface area contributed by atoms with Gasteiger partial charge in [0.1, 0.15) is 0 Å². The minimum absolute atomic E-state index is 0.127. The molecule has 3 heteroatoms. The molecule has 1 fully saturated rings. The van der Waals surface area contributed by atoms with E-state index in [9.17, 15) is 4.79 Å². The topological polar surface area (TPSA) is 29.4 Å². The summed E-state index contributed by atoms with van der Waals surface area (Å²) in [5, 5.41) is 1.21. The maximum absolute atomic E-state index is 11.4. The zero-order chi connectivity index (χ0) is 9.76. The lowest BCUT2D eigenvalue weighted by molar-refractivity contribution is -0.111. The van der Waals surface area contributed by atoms with E-state index in [-0.39, 0.29) is 10.5 Å². The summed E-state index contributed by atoms with van der Waals surface area (Å²) >= 11 is 1.30. The molecule has 70 valence electrons. The van der Waals surface area contributed by atoms with E-state index in [1.165, 1.54) is 17.3 Å². The van der Waals surface area contributed by atoms with E-state index in [4.69, 9.17) is 0 Å². The van der Waals surface area contributed by atoms with E-state index in [1.807, 2.05) is 18.2 Å². The maximum atomic E-state index is 11.4. The van der Waals surface area contributed by atoms with Crippen molar-refractivity contribution in [3.8, 4) is 0 Å². The Labute approximate surface area is 86.4 Å². The van der Waals surface area contributed by atoms with E-state index in [1.54, 1.807) is 0 Å². The summed E-state index contributed by atoms with van der Waals surface area (Å²) in [7, 11) is 0. The Morgan fingerprint density at radius 2 is 2.21 bits per heavy atom. The van der Waals surface area contributed by atoms with Crippen LogP contribution >= 0.6 is 11.8 Å². The van der Waals surface area contributed by atoms with E-state index >= 15 is 0 Å². The van der Waals surface area contributed by atoms with E-state index in [0.717, 1.165) is 10.7 Å². The number of benzene rings is 1. The molecule has 2 aliphatic heterocycles. The van der Waals surface area contributed by atoms with Crippen molar-refractivity contribution in [1.82, 2.24) is 0 Å². The number of nitrogens with zero attached hydrogens (tertiary/aromatic N) is 1. The van der Waals surface area contributed by atoms with Crippen molar-refractivity contribution in [3.63, 3.8) is 0 Å². The van der Waals surface area contributed by atoms with Crippen LogP contribution in [0.5, 0.6) is 0 Å². The quantitative estimate of drug-likeness (QED) is 0.648. The summed E-state index contributed by atoms with van der Waals surface area (Å²) in [4.78, 5) is 15.8. The molecule has 1 aromatic rings. The van der Waals surface area contributed by atoms with Crippen LogP contribution in [-0.2, 0) is 10.2 Å². The van der Waals surface area contributed by atoms with Gasteiger partial charge in [-0.3, -0.25) is 4.79 Å². The lowest BCUT2D eigenvalue weighted by atomic mass is 9.82. The number of aliphatic imine (C=N–C) groups is 1. The Hall–Kier alpha value is -1.09. The average molecular weight is 203 g/mol. The summed E-state index contributed by atoms with van der Waals surface area (Å²) in [5.74, 6) is 0. The molecule has 0 amide bonds. The van der Waals surface area contributed by atoms with E-state index in [2.05, 4.69) is 18.0 Å². The smallest absolute Gasteiger partial charge is 0.196 e. The summed E-state index contributed by atoms with van der Waals surface area (Å²) in [6, 6.07) is 8.08. The predicted molar refractivity (Wildman–Crippen MR) is 58.1 cm³/mol. The summed E-state index contributed by atoms with van der Waals surface area (Å²) in [6.07, 6.45) is 0.591. The Kier molecular flexibility index (Phi) is 1.46. The number of carbonyl (C=O) groups is 1. The van der Waals surface area contributed by atoms with Gasteiger partial charge < -0.3 is 0 Å². The van der Waals surface area contributed by atoms with Crippen LogP contribution in [-0.4, -0.2) is 10.2 Å². The van der Waals surface area contributed by atoms with Crippen molar-refractivity contribution in [2.45, 2.75) is 18.8 Å². The molecule has 0 unspecified atom stereocenters. The largest absolute Gasteiger partial charge is 0.287 e. The van der Waals surface area contributed by atoms with Gasteiger partial charge in [0.05, 0.1) is 16.1 Å². The first-order valence-corrected chi connectivity index (χ1v) is 5.41. The summed E-state index contributed by atoms with van der Waals surface area (Å²) < 4.78 is 0. The number of para-hydroxylation sites is 1. The fourth-order valence-corrected chi connectivity index (χ4v) is 3.25. The molecule has 1 saturated heterocycles. The summed E-state index contributed by atoms with van der Waals surface area (Å²) in [6.45, 7) is 2.11. The summed E-state index contributed by atoms with van der Waals surface area (Å²) in [5.41, 5.74) is 2.11. The number of hydrogen-bond donors (Lipinski definition) is 0. The first-order chi connectivity index (χ1) is 6.70. The second-order valence-electron chi connectivity index (χ2n) is 3.92. The molecule has 1 aromatic carbocycles. The second kappa shape index (κ2) is 2.48. The Morgan fingerprint density at radius 3 is 3.07 bits per heavy atom. The highest BCUT2D eigenvalue weighted by molar-refractivity contribution is 8.27. The predicted octanol–water partition coefficient (Wildman–Crippen LogP) is 2.65. The van der Waals surface area contributed by atoms with Crippen molar-refractivity contribution >= 4 is 27.6 Å². The molecule has 2 heterocycles. The Bertz CT molecular complexity index is 466. The van der Waals surface area contributed by atoms with Crippen molar-refractivity contribution in [2.24, 2.45) is 4.99 Å². The molecule has 0 spiro atoms. The van der Waals surface area contributed by atoms with Gasteiger partial charge >= 0.3 is 0 Å². The van der Waals surface area contributed by atoms with Crippen LogP contribution < -0.4 is 0 Å². The molecular formula is C11H9NOS. The third-order valence-corrected chi connectivity index (χ3v) is 4.01. The molecule has 2 aliphatic rings. The van der Waals surface area contributed by atoms with Gasteiger partial charge in [0.2, 0.25) is 0 Å². The zero-order valence-electron chi connectivity index (χ0n) is 7.78. The molecule has 0 N–H and O–H groups in total. The van der Waals surface area contributed by atoms with Gasteiger partial charge in [-0.25, -0.2) is 4.99 Å². The molecule has 0 saturated carbocycles. The lowest BCUT2D eigenvalue weighted by Crippen LogP contribution is -2.22. The van der Waals surface area contributed by atoms with Crippen molar-refractivity contribution in [1.29, 1.82) is 0 Å². The molecule has 0 aromatic heterocycles. The molecule has 14 heavy (non-hydrogen) atoms. The van der Waals surface area contributed by atoms with Gasteiger partial charge in [-0.2, -0.15) is 0 Å². The highest BCUT2D eigenvalue weighted by atomic mass is 32.2. The van der Waals surface area contributed by atoms with Gasteiger partial charge in [0.25, 0.3) is 0 Å². The molecule has 0 aliphatic carbocycles. The number of hydrogen-bond acceptors (Lipinski definition) is 3. The fourth-order valence-electron chi connectivity index (χ4n) is 2.12. The van der Waals surface area contributed by atoms with Crippen LogP contribution in [0.1, 0.15) is 18.9 Å². The maximum Gasteiger partial charge on any atom is 0.196 e. The molecule has 0 bridgehead atoms. The highest BCUT2D eigenvalue weighted by Crippen LogP contribution is 2.50. The molecular weight excluding hydrogens is 194 g/mol. The van der Waals surface area contributed by atoms with Crippen LogP contribution in [0.25, 0.3) is 0 Å². The van der Waals surface area contributed by atoms with Gasteiger partial charge in [0, 0.05) is 6.42 Å². The van der Waals surface area contributed by atoms with Crippen LogP contribution in [0, 0.1) is 0 Å². The van der Waals surface area contributed by atoms with Crippen LogP contribution in [0.3, 0.4) is 0 Å². The van der Waals surface area contributed by atoms with Crippen molar-refractivity contribution < 1.29 is 4.79 Å². The first kappa shape index (κ1) is 8.24. The van der Waals surface area contributed by atoms with Gasteiger partial charge in [-0.05, 0) is 30.3 Å². The molecule has 3 rings (SSSR count). The fraction of sp³-hybridized carbons (Fsp3) is 0.273. The number of rotatable bonds is 0. The van der Waals surface area contributed by atoms with Gasteiger partial charge in [-0.15, -0.1) is 0 Å². The Morgan fingerprint density at radius 1 is 1.43 bits per heavy atom. The van der Waals surface area contributed by atoms with Gasteiger partial charge in [-0.1, -0.05) is 18.2 Å². The second-order valence-corrected chi connectivity index (χ2v) is 4.96. The average Bonchev–Trinajstić information content (AvgIpc) is 2.55. The highest BCUT2D eigenvalue weighted by Gasteiger charge is 2.47. The van der Waals surface area contributed by atoms with Crippen LogP contribution in [0.4, 0.5) is 5.69 Å². The SMILES string of the molecule is C[C@@]12CC(=O)SC1=Nc1ccccc12. The normalized spacial score (nSPS) is 28.6. The van der Waals surface area contributed by atoms with E-state index in [0.29, 0.717) is 6.42 Å².